The molecule has 0 aliphatic rings. The SMILES string of the molecule is CC(C)c1coc2cc(Nc3n[nH]c4cccnc34)ccc12. The number of aromatic nitrogens is 3. The second-order valence-corrected chi connectivity index (χ2v) is 5.65. The van der Waals surface area contributed by atoms with Gasteiger partial charge < -0.3 is 9.73 Å². The van der Waals surface area contributed by atoms with E-state index in [-0.39, 0.29) is 0 Å². The molecule has 4 rings (SSSR count). The fourth-order valence-corrected chi connectivity index (χ4v) is 2.65. The Kier molecular flexibility index (Phi) is 2.85. The van der Waals surface area contributed by atoms with Gasteiger partial charge in [-0.15, -0.1) is 0 Å². The average molecular weight is 292 g/mol. The van der Waals surface area contributed by atoms with E-state index in [2.05, 4.69) is 40.4 Å². The molecular formula is C17H16N4O. The summed E-state index contributed by atoms with van der Waals surface area (Å²) in [6, 6.07) is 9.94. The van der Waals surface area contributed by atoms with Crippen molar-refractivity contribution in [3.63, 3.8) is 0 Å². The maximum atomic E-state index is 5.67. The zero-order chi connectivity index (χ0) is 15.1. The van der Waals surface area contributed by atoms with Gasteiger partial charge in [0.1, 0.15) is 11.1 Å². The summed E-state index contributed by atoms with van der Waals surface area (Å²) in [5.41, 5.74) is 4.77. The minimum absolute atomic E-state index is 0.444. The topological polar surface area (TPSA) is 66.7 Å². The molecule has 2 N–H and O–H groups in total. The van der Waals surface area contributed by atoms with Crippen LogP contribution in [0.15, 0.2) is 47.2 Å². The molecule has 3 heterocycles. The predicted octanol–water partition coefficient (Wildman–Crippen LogP) is 4.57. The van der Waals surface area contributed by atoms with Crippen LogP contribution in [-0.4, -0.2) is 15.2 Å². The van der Waals surface area contributed by atoms with Gasteiger partial charge in [0, 0.05) is 28.9 Å². The lowest BCUT2D eigenvalue weighted by molar-refractivity contribution is 0.606. The summed E-state index contributed by atoms with van der Waals surface area (Å²) in [5.74, 6) is 1.16. The number of hydrogen-bond donors (Lipinski definition) is 2. The number of benzene rings is 1. The lowest BCUT2D eigenvalue weighted by Gasteiger charge is -2.04. The zero-order valence-electron chi connectivity index (χ0n) is 12.4. The number of fused-ring (bicyclic) bond motifs is 2. The van der Waals surface area contributed by atoms with Gasteiger partial charge in [-0.25, -0.2) is 0 Å². The van der Waals surface area contributed by atoms with Gasteiger partial charge in [0.15, 0.2) is 5.82 Å². The molecule has 0 spiro atoms. The smallest absolute Gasteiger partial charge is 0.178 e. The van der Waals surface area contributed by atoms with Crippen molar-refractivity contribution in [1.82, 2.24) is 15.2 Å². The van der Waals surface area contributed by atoms with Gasteiger partial charge in [-0.2, -0.15) is 5.10 Å². The Morgan fingerprint density at radius 2 is 2.14 bits per heavy atom. The van der Waals surface area contributed by atoms with E-state index >= 15 is 0 Å². The standard InChI is InChI=1S/C17H16N4O/c1-10(2)13-9-22-15-8-11(5-6-12(13)15)19-17-16-14(20-21-17)4-3-7-18-16/h3-10H,1-2H3,(H2,19,20,21). The monoisotopic (exact) mass is 292 g/mol. The zero-order valence-corrected chi connectivity index (χ0v) is 12.4. The molecule has 4 aromatic rings. The van der Waals surface area contributed by atoms with E-state index in [0.717, 1.165) is 27.7 Å². The summed E-state index contributed by atoms with van der Waals surface area (Å²) in [5, 5.41) is 11.7. The van der Waals surface area contributed by atoms with Crippen molar-refractivity contribution in [1.29, 1.82) is 0 Å². The first kappa shape index (κ1) is 12.9. The first-order valence-corrected chi connectivity index (χ1v) is 7.29. The van der Waals surface area contributed by atoms with Crippen LogP contribution < -0.4 is 5.32 Å². The Morgan fingerprint density at radius 3 is 3.00 bits per heavy atom. The van der Waals surface area contributed by atoms with Gasteiger partial charge in [0.25, 0.3) is 0 Å². The molecule has 0 saturated heterocycles. The third-order valence-corrected chi connectivity index (χ3v) is 3.81. The van der Waals surface area contributed by atoms with Crippen LogP contribution in [0.2, 0.25) is 0 Å². The summed E-state index contributed by atoms with van der Waals surface area (Å²) < 4.78 is 5.67. The number of furan rings is 1. The lowest BCUT2D eigenvalue weighted by Crippen LogP contribution is -1.92. The Hall–Kier alpha value is -2.82. The minimum Gasteiger partial charge on any atom is -0.464 e. The second kappa shape index (κ2) is 4.87. The highest BCUT2D eigenvalue weighted by molar-refractivity contribution is 5.90. The molecule has 0 bridgehead atoms. The van der Waals surface area contributed by atoms with Gasteiger partial charge in [0.05, 0.1) is 11.8 Å². The second-order valence-electron chi connectivity index (χ2n) is 5.65. The van der Waals surface area contributed by atoms with Crippen LogP contribution in [0.3, 0.4) is 0 Å². The Morgan fingerprint density at radius 1 is 1.23 bits per heavy atom. The highest BCUT2D eigenvalue weighted by Gasteiger charge is 2.11. The fourth-order valence-electron chi connectivity index (χ4n) is 2.65. The number of rotatable bonds is 3. The summed E-state index contributed by atoms with van der Waals surface area (Å²) >= 11 is 0. The number of hydrogen-bond acceptors (Lipinski definition) is 4. The number of nitrogens with one attached hydrogen (secondary N) is 2. The number of pyridine rings is 1. The highest BCUT2D eigenvalue weighted by atomic mass is 16.3. The maximum Gasteiger partial charge on any atom is 0.178 e. The average Bonchev–Trinajstić information content (AvgIpc) is 3.11. The first-order chi connectivity index (χ1) is 10.7. The molecule has 22 heavy (non-hydrogen) atoms. The molecular weight excluding hydrogens is 276 g/mol. The molecule has 0 aliphatic heterocycles. The summed E-state index contributed by atoms with van der Waals surface area (Å²) in [7, 11) is 0. The van der Waals surface area contributed by atoms with Crippen LogP contribution in [0.25, 0.3) is 22.0 Å². The van der Waals surface area contributed by atoms with Crippen molar-refractivity contribution in [3.8, 4) is 0 Å². The fraction of sp³-hybridized carbons (Fsp3) is 0.176. The van der Waals surface area contributed by atoms with Crippen molar-refractivity contribution >= 4 is 33.5 Å². The highest BCUT2D eigenvalue weighted by Crippen LogP contribution is 2.30. The van der Waals surface area contributed by atoms with Crippen LogP contribution in [0.5, 0.6) is 0 Å². The molecule has 3 aromatic heterocycles. The normalized spacial score (nSPS) is 11.6. The van der Waals surface area contributed by atoms with Crippen LogP contribution in [0, 0.1) is 0 Å². The van der Waals surface area contributed by atoms with Crippen LogP contribution in [0.1, 0.15) is 25.3 Å². The molecule has 5 heteroatoms. The summed E-state index contributed by atoms with van der Waals surface area (Å²) in [6.07, 6.45) is 3.60. The van der Waals surface area contributed by atoms with E-state index in [1.165, 1.54) is 5.56 Å². The predicted molar refractivity (Wildman–Crippen MR) is 87.5 cm³/mol. The van der Waals surface area contributed by atoms with E-state index in [1.54, 1.807) is 6.20 Å². The summed E-state index contributed by atoms with van der Waals surface area (Å²) in [6.45, 7) is 4.33. The van der Waals surface area contributed by atoms with Crippen molar-refractivity contribution in [2.75, 3.05) is 5.32 Å². The van der Waals surface area contributed by atoms with Crippen LogP contribution in [-0.2, 0) is 0 Å². The number of anilines is 2. The van der Waals surface area contributed by atoms with Gasteiger partial charge in [-0.1, -0.05) is 13.8 Å². The Bertz CT molecular complexity index is 952. The van der Waals surface area contributed by atoms with Gasteiger partial charge in [0.2, 0.25) is 0 Å². The third kappa shape index (κ3) is 2.02. The van der Waals surface area contributed by atoms with E-state index in [4.69, 9.17) is 4.42 Å². The molecule has 0 amide bonds. The minimum atomic E-state index is 0.444. The van der Waals surface area contributed by atoms with Crippen molar-refractivity contribution in [2.24, 2.45) is 0 Å². The van der Waals surface area contributed by atoms with Crippen molar-refractivity contribution in [3.05, 3.63) is 48.4 Å². The molecule has 0 radical (unpaired) electrons. The van der Waals surface area contributed by atoms with E-state index < -0.39 is 0 Å². The Labute approximate surface area is 127 Å². The van der Waals surface area contributed by atoms with E-state index in [1.807, 2.05) is 30.5 Å². The molecule has 0 aliphatic carbocycles. The quantitative estimate of drug-likeness (QED) is 0.580. The Balaban J connectivity index is 1.72. The molecule has 1 aromatic carbocycles. The van der Waals surface area contributed by atoms with Crippen LogP contribution in [0.4, 0.5) is 11.5 Å². The third-order valence-electron chi connectivity index (χ3n) is 3.81. The lowest BCUT2D eigenvalue weighted by atomic mass is 10.0. The van der Waals surface area contributed by atoms with Gasteiger partial charge in [-0.3, -0.25) is 10.1 Å². The first-order valence-electron chi connectivity index (χ1n) is 7.29. The van der Waals surface area contributed by atoms with Gasteiger partial charge in [-0.05, 0) is 30.2 Å². The molecule has 0 unspecified atom stereocenters. The molecule has 110 valence electrons. The largest absolute Gasteiger partial charge is 0.464 e. The summed E-state index contributed by atoms with van der Waals surface area (Å²) in [4.78, 5) is 4.35. The van der Waals surface area contributed by atoms with Crippen LogP contribution >= 0.6 is 0 Å². The number of nitrogens with zero attached hydrogens (tertiary/aromatic N) is 2. The molecule has 0 fully saturated rings. The van der Waals surface area contributed by atoms with E-state index in [9.17, 15) is 0 Å². The van der Waals surface area contributed by atoms with Crippen molar-refractivity contribution in [2.45, 2.75) is 19.8 Å². The van der Waals surface area contributed by atoms with E-state index in [0.29, 0.717) is 11.7 Å². The molecule has 0 atom stereocenters. The van der Waals surface area contributed by atoms with Gasteiger partial charge >= 0.3 is 0 Å². The number of H-pyrrole nitrogens is 1. The van der Waals surface area contributed by atoms with Crippen molar-refractivity contribution < 1.29 is 4.42 Å². The number of aromatic amines is 1. The molecule has 0 saturated carbocycles. The molecule has 5 nitrogen and oxygen atoms in total. The maximum absolute atomic E-state index is 5.67.